The van der Waals surface area contributed by atoms with Crippen molar-refractivity contribution < 1.29 is 13.7 Å². The van der Waals surface area contributed by atoms with Gasteiger partial charge in [0, 0.05) is 18.7 Å². The van der Waals surface area contributed by atoms with Gasteiger partial charge in [0.05, 0.1) is 18.8 Å². The summed E-state index contributed by atoms with van der Waals surface area (Å²) in [5.74, 6) is 0.852. The molecule has 0 N–H and O–H groups in total. The molecule has 1 saturated heterocycles. The third-order valence-electron chi connectivity index (χ3n) is 5.57. The molecule has 1 fully saturated rings. The highest BCUT2D eigenvalue weighted by Crippen LogP contribution is 2.27. The summed E-state index contributed by atoms with van der Waals surface area (Å²) in [4.78, 5) is 6.89. The van der Waals surface area contributed by atoms with Gasteiger partial charge in [-0.15, -0.1) is 0 Å². The second-order valence-corrected chi connectivity index (χ2v) is 7.63. The first-order valence-electron chi connectivity index (χ1n) is 10.1. The number of benzene rings is 2. The first-order valence-corrected chi connectivity index (χ1v) is 10.1. The minimum atomic E-state index is -0.233. The molecule has 0 saturated carbocycles. The van der Waals surface area contributed by atoms with Crippen molar-refractivity contribution in [3.8, 4) is 11.4 Å². The minimum absolute atomic E-state index is 0.0351. The number of aryl methyl sites for hydroxylation is 1. The molecular weight excluding hydrogens is 369 g/mol. The van der Waals surface area contributed by atoms with Crippen molar-refractivity contribution in [2.24, 2.45) is 0 Å². The quantitative estimate of drug-likeness (QED) is 0.593. The monoisotopic (exact) mass is 395 g/mol. The van der Waals surface area contributed by atoms with E-state index in [1.807, 2.05) is 18.2 Å². The van der Waals surface area contributed by atoms with Crippen molar-refractivity contribution >= 4 is 0 Å². The highest BCUT2D eigenvalue weighted by molar-refractivity contribution is 5.55. The van der Waals surface area contributed by atoms with Crippen LogP contribution in [0.3, 0.4) is 0 Å². The van der Waals surface area contributed by atoms with E-state index in [-0.39, 0.29) is 18.0 Å². The van der Waals surface area contributed by atoms with Gasteiger partial charge in [0.1, 0.15) is 5.82 Å². The summed E-state index contributed by atoms with van der Waals surface area (Å²) in [7, 11) is 0. The fraction of sp³-hybridized carbons (Fsp3) is 0.391. The molecule has 1 aliphatic heterocycles. The first kappa shape index (κ1) is 19.7. The Morgan fingerprint density at radius 2 is 1.93 bits per heavy atom. The van der Waals surface area contributed by atoms with Gasteiger partial charge in [0.15, 0.2) is 0 Å². The molecule has 1 aromatic heterocycles. The van der Waals surface area contributed by atoms with Crippen LogP contribution in [0.4, 0.5) is 4.39 Å². The second-order valence-electron chi connectivity index (χ2n) is 7.63. The summed E-state index contributed by atoms with van der Waals surface area (Å²) in [6.45, 7) is 6.32. The average molecular weight is 395 g/mol. The van der Waals surface area contributed by atoms with Crippen molar-refractivity contribution in [2.75, 3.05) is 13.1 Å². The van der Waals surface area contributed by atoms with Crippen LogP contribution in [0.25, 0.3) is 11.4 Å². The zero-order valence-electron chi connectivity index (χ0n) is 16.8. The third-order valence-corrected chi connectivity index (χ3v) is 5.57. The van der Waals surface area contributed by atoms with Crippen LogP contribution in [-0.2, 0) is 11.3 Å². The summed E-state index contributed by atoms with van der Waals surface area (Å²) in [5, 5.41) is 4.09. The molecule has 0 bridgehead atoms. The lowest BCUT2D eigenvalue weighted by molar-refractivity contribution is -0.0124. The van der Waals surface area contributed by atoms with Crippen LogP contribution < -0.4 is 0 Å². The molecule has 2 heterocycles. The molecule has 1 atom stereocenters. The van der Waals surface area contributed by atoms with Gasteiger partial charge >= 0.3 is 0 Å². The van der Waals surface area contributed by atoms with Crippen molar-refractivity contribution in [1.29, 1.82) is 0 Å². The highest BCUT2D eigenvalue weighted by atomic mass is 19.1. The van der Waals surface area contributed by atoms with E-state index in [2.05, 4.69) is 34.1 Å². The smallest absolute Gasteiger partial charge is 0.244 e. The maximum absolute atomic E-state index is 13.5. The van der Waals surface area contributed by atoms with Crippen molar-refractivity contribution in [2.45, 2.75) is 45.4 Å². The highest BCUT2D eigenvalue weighted by Gasteiger charge is 2.27. The van der Waals surface area contributed by atoms with Crippen molar-refractivity contribution in [1.82, 2.24) is 15.0 Å². The number of piperidine rings is 1. The van der Waals surface area contributed by atoms with E-state index in [1.165, 1.54) is 11.6 Å². The summed E-state index contributed by atoms with van der Waals surface area (Å²) in [6, 6.07) is 15.2. The first-order chi connectivity index (χ1) is 14.1. The minimum Gasteiger partial charge on any atom is -0.373 e. The molecule has 152 valence electrons. The molecule has 1 unspecified atom stereocenters. The molecular formula is C23H26FN3O2. The zero-order chi connectivity index (χ0) is 20.2. The summed E-state index contributed by atoms with van der Waals surface area (Å²) in [5.41, 5.74) is 2.54. The fourth-order valence-corrected chi connectivity index (χ4v) is 3.68. The molecule has 1 aliphatic rings. The molecule has 2 aromatic carbocycles. The van der Waals surface area contributed by atoms with Gasteiger partial charge in [-0.25, -0.2) is 4.39 Å². The molecule has 0 amide bonds. The summed E-state index contributed by atoms with van der Waals surface area (Å²) >= 11 is 0. The Bertz CT molecular complexity index is 936. The van der Waals surface area contributed by atoms with Crippen LogP contribution in [0.5, 0.6) is 0 Å². The Labute approximate surface area is 170 Å². The van der Waals surface area contributed by atoms with Crippen molar-refractivity contribution in [3.05, 3.63) is 71.4 Å². The van der Waals surface area contributed by atoms with Gasteiger partial charge in [-0.2, -0.15) is 4.98 Å². The van der Waals surface area contributed by atoms with Crippen LogP contribution in [0.2, 0.25) is 0 Å². The SMILES string of the molecule is Cc1cc(-c2noc(C(C)N3CCC(OCc4ccccc4)CC3)n2)ccc1F. The van der Waals surface area contributed by atoms with E-state index < -0.39 is 0 Å². The molecule has 4 rings (SSSR count). The van der Waals surface area contributed by atoms with Gasteiger partial charge in [-0.3, -0.25) is 4.90 Å². The number of nitrogens with zero attached hydrogens (tertiary/aromatic N) is 3. The maximum Gasteiger partial charge on any atom is 0.244 e. The molecule has 6 heteroatoms. The van der Waals surface area contributed by atoms with E-state index in [1.54, 1.807) is 19.1 Å². The van der Waals surface area contributed by atoms with Gasteiger partial charge in [-0.1, -0.05) is 35.5 Å². The zero-order valence-corrected chi connectivity index (χ0v) is 16.8. The molecule has 0 radical (unpaired) electrons. The topological polar surface area (TPSA) is 51.4 Å². The molecule has 5 nitrogen and oxygen atoms in total. The number of ether oxygens (including phenoxy) is 1. The lowest BCUT2D eigenvalue weighted by Gasteiger charge is -2.34. The largest absolute Gasteiger partial charge is 0.373 e. The molecule has 29 heavy (non-hydrogen) atoms. The average Bonchev–Trinajstić information content (AvgIpc) is 3.25. The Balaban J connectivity index is 1.32. The maximum atomic E-state index is 13.5. The van der Waals surface area contributed by atoms with Crippen LogP contribution in [0.1, 0.15) is 42.8 Å². The lowest BCUT2D eigenvalue weighted by atomic mass is 10.1. The fourth-order valence-electron chi connectivity index (χ4n) is 3.68. The predicted molar refractivity (Wildman–Crippen MR) is 109 cm³/mol. The van der Waals surface area contributed by atoms with Gasteiger partial charge < -0.3 is 9.26 Å². The number of rotatable bonds is 6. The Hall–Kier alpha value is -2.57. The Morgan fingerprint density at radius 3 is 2.66 bits per heavy atom. The molecule has 3 aromatic rings. The predicted octanol–water partition coefficient (Wildman–Crippen LogP) is 4.93. The van der Waals surface area contributed by atoms with E-state index in [0.29, 0.717) is 23.9 Å². The standard InChI is InChI=1S/C23H26FN3O2/c1-16-14-19(8-9-21(16)24)22-25-23(29-26-22)17(2)27-12-10-20(11-13-27)28-15-18-6-4-3-5-7-18/h3-9,14,17,20H,10-13,15H2,1-2H3. The van der Waals surface area contributed by atoms with Gasteiger partial charge in [-0.05, 0) is 56.0 Å². The van der Waals surface area contributed by atoms with Crippen LogP contribution in [-0.4, -0.2) is 34.2 Å². The van der Waals surface area contributed by atoms with E-state index in [4.69, 9.17) is 9.26 Å². The van der Waals surface area contributed by atoms with Crippen LogP contribution >= 0.6 is 0 Å². The normalized spacial score (nSPS) is 16.8. The van der Waals surface area contributed by atoms with Crippen molar-refractivity contribution in [3.63, 3.8) is 0 Å². The van der Waals surface area contributed by atoms with Gasteiger partial charge in [0.25, 0.3) is 0 Å². The summed E-state index contributed by atoms with van der Waals surface area (Å²) < 4.78 is 25.1. The lowest BCUT2D eigenvalue weighted by Crippen LogP contribution is -2.38. The van der Waals surface area contributed by atoms with E-state index >= 15 is 0 Å². The summed E-state index contributed by atoms with van der Waals surface area (Å²) in [6.07, 6.45) is 2.24. The third kappa shape index (κ3) is 4.71. The molecule has 0 aliphatic carbocycles. The number of halogens is 1. The van der Waals surface area contributed by atoms with E-state index in [9.17, 15) is 4.39 Å². The van der Waals surface area contributed by atoms with E-state index in [0.717, 1.165) is 31.5 Å². The van der Waals surface area contributed by atoms with Crippen LogP contribution in [0, 0.1) is 12.7 Å². The number of hydrogen-bond acceptors (Lipinski definition) is 5. The number of hydrogen-bond donors (Lipinski definition) is 0. The Morgan fingerprint density at radius 1 is 1.17 bits per heavy atom. The molecule has 0 spiro atoms. The van der Waals surface area contributed by atoms with Gasteiger partial charge in [0.2, 0.25) is 11.7 Å². The number of likely N-dealkylation sites (tertiary alicyclic amines) is 1. The van der Waals surface area contributed by atoms with Crippen LogP contribution in [0.15, 0.2) is 53.1 Å². The Kier molecular flexibility index (Phi) is 6.02. The number of aromatic nitrogens is 2. The second kappa shape index (κ2) is 8.84.